The maximum Gasteiger partial charge on any atom is 0.115 e. The van der Waals surface area contributed by atoms with Crippen LogP contribution in [0, 0.1) is 5.41 Å². The lowest BCUT2D eigenvalue weighted by Crippen LogP contribution is -2.36. The van der Waals surface area contributed by atoms with Gasteiger partial charge in [0.05, 0.1) is 0 Å². The van der Waals surface area contributed by atoms with Crippen molar-refractivity contribution in [1.82, 2.24) is 5.32 Å². The largest absolute Gasteiger partial charge is 0.508 e. The summed E-state index contributed by atoms with van der Waals surface area (Å²) >= 11 is 0. The number of nitrogens with one attached hydrogen (secondary N) is 1. The highest BCUT2D eigenvalue weighted by Gasteiger charge is 2.31. The first kappa shape index (κ1) is 12.4. The molecule has 0 saturated heterocycles. The summed E-state index contributed by atoms with van der Waals surface area (Å²) in [4.78, 5) is 0. The summed E-state index contributed by atoms with van der Waals surface area (Å²) in [7, 11) is 2.04. The quantitative estimate of drug-likeness (QED) is 0.837. The molecule has 0 aliphatic heterocycles. The zero-order valence-electron chi connectivity index (χ0n) is 10.7. The molecule has 94 valence electrons. The van der Waals surface area contributed by atoms with Crippen LogP contribution in [0.3, 0.4) is 0 Å². The summed E-state index contributed by atoms with van der Waals surface area (Å²) in [5, 5.41) is 12.9. The number of aromatic hydroxyl groups is 1. The van der Waals surface area contributed by atoms with Gasteiger partial charge in [0.15, 0.2) is 0 Å². The lowest BCUT2D eigenvalue weighted by atomic mass is 9.70. The van der Waals surface area contributed by atoms with Crippen molar-refractivity contribution >= 4 is 0 Å². The molecule has 1 aromatic rings. The number of phenols is 1. The molecule has 0 spiro atoms. The minimum Gasteiger partial charge on any atom is -0.508 e. The Morgan fingerprint density at radius 1 is 1.24 bits per heavy atom. The predicted molar refractivity (Wildman–Crippen MR) is 71.3 cm³/mol. The summed E-state index contributed by atoms with van der Waals surface area (Å²) in [5.41, 5.74) is 1.67. The van der Waals surface area contributed by atoms with Crippen LogP contribution in [0.15, 0.2) is 24.3 Å². The van der Waals surface area contributed by atoms with Gasteiger partial charge in [-0.15, -0.1) is 0 Å². The molecule has 0 radical (unpaired) electrons. The molecule has 17 heavy (non-hydrogen) atoms. The fourth-order valence-electron chi connectivity index (χ4n) is 3.19. The topological polar surface area (TPSA) is 32.3 Å². The predicted octanol–water partition coefficient (Wildman–Crippen LogP) is 3.10. The van der Waals surface area contributed by atoms with E-state index in [4.69, 9.17) is 0 Å². The van der Waals surface area contributed by atoms with Crippen molar-refractivity contribution in [2.24, 2.45) is 5.41 Å². The van der Waals surface area contributed by atoms with Gasteiger partial charge < -0.3 is 10.4 Å². The molecule has 0 atom stereocenters. The Bertz CT molecular complexity index is 350. The molecule has 0 amide bonds. The Balaban J connectivity index is 2.11. The standard InChI is InChI=1S/C15H23NO/c1-16-12-15(8-3-2-4-9-15)11-13-6-5-7-14(17)10-13/h5-7,10,16-17H,2-4,8-9,11-12H2,1H3. The van der Waals surface area contributed by atoms with E-state index >= 15 is 0 Å². The van der Waals surface area contributed by atoms with Crippen molar-refractivity contribution in [2.45, 2.75) is 38.5 Å². The van der Waals surface area contributed by atoms with E-state index in [1.165, 1.54) is 37.7 Å². The van der Waals surface area contributed by atoms with Crippen LogP contribution >= 0.6 is 0 Å². The molecule has 2 rings (SSSR count). The summed E-state index contributed by atoms with van der Waals surface area (Å²) < 4.78 is 0. The zero-order valence-corrected chi connectivity index (χ0v) is 10.7. The molecule has 2 heteroatoms. The number of benzene rings is 1. The van der Waals surface area contributed by atoms with Gasteiger partial charge in [-0.1, -0.05) is 31.4 Å². The molecule has 1 saturated carbocycles. The Labute approximate surface area is 104 Å². The van der Waals surface area contributed by atoms with Crippen molar-refractivity contribution in [1.29, 1.82) is 0 Å². The van der Waals surface area contributed by atoms with Crippen LogP contribution in [0.25, 0.3) is 0 Å². The van der Waals surface area contributed by atoms with Gasteiger partial charge in [0.1, 0.15) is 5.75 Å². The molecular weight excluding hydrogens is 210 g/mol. The number of hydrogen-bond donors (Lipinski definition) is 2. The molecule has 2 N–H and O–H groups in total. The molecule has 1 aliphatic rings. The second kappa shape index (κ2) is 5.54. The Hall–Kier alpha value is -1.02. The first-order chi connectivity index (χ1) is 8.24. The third kappa shape index (κ3) is 3.22. The van der Waals surface area contributed by atoms with E-state index in [9.17, 15) is 5.11 Å². The van der Waals surface area contributed by atoms with Gasteiger partial charge in [-0.05, 0) is 49.4 Å². The minimum absolute atomic E-state index is 0.387. The van der Waals surface area contributed by atoms with Gasteiger partial charge in [0, 0.05) is 6.54 Å². The smallest absolute Gasteiger partial charge is 0.115 e. The van der Waals surface area contributed by atoms with Gasteiger partial charge in [-0.25, -0.2) is 0 Å². The fourth-order valence-corrected chi connectivity index (χ4v) is 3.19. The van der Waals surface area contributed by atoms with Crippen LogP contribution in [0.2, 0.25) is 0 Å². The second-order valence-corrected chi connectivity index (χ2v) is 5.44. The molecule has 1 aromatic carbocycles. The third-order valence-corrected chi connectivity index (χ3v) is 3.96. The highest BCUT2D eigenvalue weighted by atomic mass is 16.3. The zero-order chi connectivity index (χ0) is 12.1. The van der Waals surface area contributed by atoms with E-state index in [1.54, 1.807) is 6.07 Å². The van der Waals surface area contributed by atoms with E-state index in [-0.39, 0.29) is 0 Å². The summed E-state index contributed by atoms with van der Waals surface area (Å²) in [6, 6.07) is 7.73. The molecule has 0 unspecified atom stereocenters. The molecule has 0 heterocycles. The Morgan fingerprint density at radius 3 is 2.65 bits per heavy atom. The van der Waals surface area contributed by atoms with E-state index in [1.807, 2.05) is 19.2 Å². The van der Waals surface area contributed by atoms with Gasteiger partial charge in [0.25, 0.3) is 0 Å². The molecule has 0 bridgehead atoms. The summed E-state index contributed by atoms with van der Waals surface area (Å²) in [6.45, 7) is 1.09. The number of hydrogen-bond acceptors (Lipinski definition) is 2. The maximum absolute atomic E-state index is 9.54. The third-order valence-electron chi connectivity index (χ3n) is 3.96. The average Bonchev–Trinajstić information content (AvgIpc) is 2.30. The monoisotopic (exact) mass is 233 g/mol. The molecule has 1 aliphatic carbocycles. The Kier molecular flexibility index (Phi) is 4.06. The van der Waals surface area contributed by atoms with E-state index < -0.39 is 0 Å². The lowest BCUT2D eigenvalue weighted by molar-refractivity contribution is 0.185. The van der Waals surface area contributed by atoms with Crippen LogP contribution in [0.4, 0.5) is 0 Å². The van der Waals surface area contributed by atoms with Crippen molar-refractivity contribution in [2.75, 3.05) is 13.6 Å². The van der Waals surface area contributed by atoms with Gasteiger partial charge in [-0.3, -0.25) is 0 Å². The van der Waals surface area contributed by atoms with Crippen LogP contribution in [0.1, 0.15) is 37.7 Å². The van der Waals surface area contributed by atoms with Crippen LogP contribution in [-0.2, 0) is 6.42 Å². The van der Waals surface area contributed by atoms with Gasteiger partial charge in [0.2, 0.25) is 0 Å². The van der Waals surface area contributed by atoms with E-state index in [2.05, 4.69) is 11.4 Å². The van der Waals surface area contributed by atoms with E-state index in [0.717, 1.165) is 13.0 Å². The molecule has 0 aromatic heterocycles. The van der Waals surface area contributed by atoms with Gasteiger partial charge >= 0.3 is 0 Å². The second-order valence-electron chi connectivity index (χ2n) is 5.44. The average molecular weight is 233 g/mol. The van der Waals surface area contributed by atoms with E-state index in [0.29, 0.717) is 11.2 Å². The fraction of sp³-hybridized carbons (Fsp3) is 0.600. The first-order valence-electron chi connectivity index (χ1n) is 6.67. The van der Waals surface area contributed by atoms with Gasteiger partial charge in [-0.2, -0.15) is 0 Å². The molecular formula is C15H23NO. The van der Waals surface area contributed by atoms with Crippen LogP contribution < -0.4 is 5.32 Å². The molecule has 2 nitrogen and oxygen atoms in total. The molecule has 1 fully saturated rings. The lowest BCUT2D eigenvalue weighted by Gasteiger charge is -2.37. The van der Waals surface area contributed by atoms with Crippen molar-refractivity contribution in [3.05, 3.63) is 29.8 Å². The SMILES string of the molecule is CNCC1(Cc2cccc(O)c2)CCCCC1. The van der Waals surface area contributed by atoms with Crippen molar-refractivity contribution < 1.29 is 5.11 Å². The van der Waals surface area contributed by atoms with Crippen molar-refractivity contribution in [3.63, 3.8) is 0 Å². The minimum atomic E-state index is 0.387. The first-order valence-corrected chi connectivity index (χ1v) is 6.67. The van der Waals surface area contributed by atoms with Crippen molar-refractivity contribution in [3.8, 4) is 5.75 Å². The highest BCUT2D eigenvalue weighted by molar-refractivity contribution is 5.28. The summed E-state index contributed by atoms with van der Waals surface area (Å²) in [6.07, 6.45) is 7.78. The maximum atomic E-state index is 9.54. The number of phenolic OH excluding ortho intramolecular Hbond substituents is 1. The highest BCUT2D eigenvalue weighted by Crippen LogP contribution is 2.39. The normalized spacial score (nSPS) is 19.1. The van der Waals surface area contributed by atoms with Crippen LogP contribution in [0.5, 0.6) is 5.75 Å². The Morgan fingerprint density at radius 2 is 2.00 bits per heavy atom. The van der Waals surface area contributed by atoms with Crippen LogP contribution in [-0.4, -0.2) is 18.7 Å². The number of rotatable bonds is 4. The summed E-state index contributed by atoms with van der Waals surface area (Å²) in [5.74, 6) is 0.387.